The average molecular weight is 390 g/mol. The lowest BCUT2D eigenvalue weighted by molar-refractivity contribution is -0.124. The number of guanidine groups is 1. The maximum Gasteiger partial charge on any atom is 0.224 e. The molecule has 2 unspecified atom stereocenters. The van der Waals surface area contributed by atoms with Crippen molar-refractivity contribution in [2.75, 3.05) is 11.1 Å². The van der Waals surface area contributed by atoms with Crippen molar-refractivity contribution >= 4 is 40.9 Å². The Labute approximate surface area is 161 Å². The van der Waals surface area contributed by atoms with Crippen LogP contribution in [0.15, 0.2) is 64.5 Å². The van der Waals surface area contributed by atoms with Crippen LogP contribution in [0, 0.1) is 0 Å². The van der Waals surface area contributed by atoms with Crippen LogP contribution in [0.4, 0.5) is 5.69 Å². The van der Waals surface area contributed by atoms with Gasteiger partial charge in [-0.2, -0.15) is 0 Å². The van der Waals surface area contributed by atoms with E-state index in [0.29, 0.717) is 11.4 Å². The van der Waals surface area contributed by atoms with E-state index in [2.05, 4.69) is 20.9 Å². The molecule has 1 saturated heterocycles. The Morgan fingerprint density at radius 1 is 1.23 bits per heavy atom. The number of para-hydroxylation sites is 1. The lowest BCUT2D eigenvalue weighted by atomic mass is 10.2. The van der Waals surface area contributed by atoms with Gasteiger partial charge in [0.15, 0.2) is 12.2 Å². The molecule has 1 amide bonds. The second-order valence-electron chi connectivity index (χ2n) is 5.81. The van der Waals surface area contributed by atoms with Crippen LogP contribution in [0.25, 0.3) is 0 Å². The summed E-state index contributed by atoms with van der Waals surface area (Å²) < 4.78 is 0. The van der Waals surface area contributed by atoms with Gasteiger partial charge >= 0.3 is 0 Å². The summed E-state index contributed by atoms with van der Waals surface area (Å²) in [4.78, 5) is 17.4. The number of aliphatic imine (C=N–C) groups is 1. The fourth-order valence-electron chi connectivity index (χ4n) is 2.50. The van der Waals surface area contributed by atoms with Gasteiger partial charge in [0.1, 0.15) is 0 Å². The molecule has 2 atom stereocenters. The molecule has 136 valence electrons. The fourth-order valence-corrected chi connectivity index (χ4v) is 3.57. The third-order valence-electron chi connectivity index (χ3n) is 3.70. The van der Waals surface area contributed by atoms with Gasteiger partial charge < -0.3 is 16.4 Å². The molecule has 1 fully saturated rings. The topological polar surface area (TPSA) is 91.5 Å². The third-order valence-corrected chi connectivity index (χ3v) is 5.13. The molecule has 2 aromatic carbocycles. The van der Waals surface area contributed by atoms with Crippen LogP contribution in [-0.4, -0.2) is 30.0 Å². The number of benzene rings is 2. The number of hydrogen-bond donors (Lipinski definition) is 4. The van der Waals surface area contributed by atoms with Crippen molar-refractivity contribution in [3.05, 3.63) is 59.6 Å². The molecule has 0 saturated carbocycles. The maximum absolute atomic E-state index is 12.0. The fraction of sp³-hybridized carbons (Fsp3) is 0.222. The molecule has 0 aromatic heterocycles. The van der Waals surface area contributed by atoms with Crippen molar-refractivity contribution in [3.63, 3.8) is 0 Å². The molecule has 1 aliphatic rings. The molecule has 2 aromatic rings. The zero-order chi connectivity index (χ0) is 18.4. The van der Waals surface area contributed by atoms with Gasteiger partial charge in [0.05, 0.1) is 0 Å². The van der Waals surface area contributed by atoms with Gasteiger partial charge in [-0.3, -0.25) is 10.1 Å². The van der Waals surface area contributed by atoms with E-state index in [1.165, 1.54) is 0 Å². The van der Waals surface area contributed by atoms with Gasteiger partial charge in [-0.25, -0.2) is 4.99 Å². The molecule has 0 radical (unpaired) electrons. The van der Waals surface area contributed by atoms with E-state index in [1.54, 1.807) is 11.8 Å². The average Bonchev–Trinajstić information content (AvgIpc) is 2.61. The van der Waals surface area contributed by atoms with Crippen LogP contribution >= 0.6 is 23.4 Å². The number of carbonyl (C=O) groups excluding carboxylic acids is 1. The summed E-state index contributed by atoms with van der Waals surface area (Å²) in [6.45, 7) is 0. The molecule has 0 aliphatic carbocycles. The van der Waals surface area contributed by atoms with E-state index in [0.717, 1.165) is 16.3 Å². The molecular formula is C18H20ClN5OS. The normalized spacial score (nSPS) is 20.5. The van der Waals surface area contributed by atoms with E-state index in [4.69, 9.17) is 17.3 Å². The van der Waals surface area contributed by atoms with E-state index in [9.17, 15) is 4.79 Å². The Morgan fingerprint density at radius 3 is 2.69 bits per heavy atom. The summed E-state index contributed by atoms with van der Waals surface area (Å²) in [6, 6.07) is 17.2. The van der Waals surface area contributed by atoms with Crippen molar-refractivity contribution < 1.29 is 4.79 Å². The van der Waals surface area contributed by atoms with Gasteiger partial charge in [-0.15, -0.1) is 11.8 Å². The number of nitrogens with two attached hydrogens (primary N) is 1. The second-order valence-corrected chi connectivity index (χ2v) is 7.34. The molecule has 1 heterocycles. The first-order valence-corrected chi connectivity index (χ1v) is 9.54. The first-order chi connectivity index (χ1) is 12.6. The predicted molar refractivity (Wildman–Crippen MR) is 107 cm³/mol. The van der Waals surface area contributed by atoms with Crippen LogP contribution in [0.5, 0.6) is 0 Å². The van der Waals surface area contributed by atoms with Crippen LogP contribution in [0.3, 0.4) is 0 Å². The lowest BCUT2D eigenvalue weighted by Crippen LogP contribution is -2.57. The minimum atomic E-state index is -0.553. The Morgan fingerprint density at radius 2 is 1.96 bits per heavy atom. The van der Waals surface area contributed by atoms with Gasteiger partial charge in [0, 0.05) is 33.8 Å². The molecule has 0 spiro atoms. The Hall–Kier alpha value is -2.22. The van der Waals surface area contributed by atoms with Gasteiger partial charge in [0.2, 0.25) is 5.91 Å². The van der Waals surface area contributed by atoms with Crippen molar-refractivity contribution in [3.8, 4) is 0 Å². The number of nitrogens with zero attached hydrogens (tertiary/aromatic N) is 1. The molecule has 5 N–H and O–H groups in total. The highest BCUT2D eigenvalue weighted by atomic mass is 35.5. The quantitative estimate of drug-likeness (QED) is 0.358. The molecule has 8 heteroatoms. The number of anilines is 1. The highest BCUT2D eigenvalue weighted by molar-refractivity contribution is 7.99. The summed E-state index contributed by atoms with van der Waals surface area (Å²) in [5.74, 6) is 0.930. The van der Waals surface area contributed by atoms with Crippen LogP contribution in [-0.2, 0) is 4.79 Å². The number of rotatable bonds is 5. The Kier molecular flexibility index (Phi) is 6.38. The first-order valence-electron chi connectivity index (χ1n) is 8.17. The van der Waals surface area contributed by atoms with E-state index < -0.39 is 6.29 Å². The smallest absolute Gasteiger partial charge is 0.224 e. The third kappa shape index (κ3) is 5.66. The first kappa shape index (κ1) is 18.6. The highest BCUT2D eigenvalue weighted by Gasteiger charge is 2.25. The van der Waals surface area contributed by atoms with Crippen LogP contribution < -0.4 is 21.7 Å². The second kappa shape index (κ2) is 8.93. The maximum atomic E-state index is 12.0. The molecule has 26 heavy (non-hydrogen) atoms. The van der Waals surface area contributed by atoms with E-state index in [1.807, 2.05) is 54.6 Å². The van der Waals surface area contributed by atoms with Gasteiger partial charge in [-0.1, -0.05) is 29.8 Å². The SMILES string of the molecule is N/C(=N\C1NC(=O)CC(CSc2ccc(Cl)cc2)N1)Nc1ccccc1. The summed E-state index contributed by atoms with van der Waals surface area (Å²) in [5.41, 5.74) is 6.78. The molecule has 1 aliphatic heterocycles. The Balaban J connectivity index is 1.56. The largest absolute Gasteiger partial charge is 0.370 e. The zero-order valence-corrected chi connectivity index (χ0v) is 15.6. The van der Waals surface area contributed by atoms with Crippen LogP contribution in [0.1, 0.15) is 6.42 Å². The van der Waals surface area contributed by atoms with E-state index in [-0.39, 0.29) is 17.9 Å². The zero-order valence-electron chi connectivity index (χ0n) is 14.0. The monoisotopic (exact) mass is 389 g/mol. The number of hydrogen-bond acceptors (Lipinski definition) is 4. The van der Waals surface area contributed by atoms with Crippen molar-refractivity contribution in [2.45, 2.75) is 23.6 Å². The summed E-state index contributed by atoms with van der Waals surface area (Å²) in [7, 11) is 0. The summed E-state index contributed by atoms with van der Waals surface area (Å²) in [5, 5.41) is 9.79. The number of amides is 1. The number of thioether (sulfide) groups is 1. The Bertz CT molecular complexity index is 769. The van der Waals surface area contributed by atoms with Crippen molar-refractivity contribution in [1.82, 2.24) is 10.6 Å². The summed E-state index contributed by atoms with van der Waals surface area (Å²) >= 11 is 7.56. The number of carbonyl (C=O) groups is 1. The predicted octanol–water partition coefficient (Wildman–Crippen LogP) is 2.62. The van der Waals surface area contributed by atoms with Crippen molar-refractivity contribution in [2.24, 2.45) is 10.7 Å². The van der Waals surface area contributed by atoms with E-state index >= 15 is 0 Å². The number of halogens is 1. The lowest BCUT2D eigenvalue weighted by Gasteiger charge is -2.29. The number of nitrogens with one attached hydrogen (secondary N) is 3. The molecule has 6 nitrogen and oxygen atoms in total. The van der Waals surface area contributed by atoms with Crippen LogP contribution in [0.2, 0.25) is 5.02 Å². The van der Waals surface area contributed by atoms with Gasteiger partial charge in [0.25, 0.3) is 0 Å². The summed E-state index contributed by atoms with van der Waals surface area (Å²) in [6.07, 6.45) is -0.151. The molecule has 3 rings (SSSR count). The molecule has 0 bridgehead atoms. The molecular weight excluding hydrogens is 370 g/mol. The van der Waals surface area contributed by atoms with Gasteiger partial charge in [-0.05, 0) is 36.4 Å². The van der Waals surface area contributed by atoms with Crippen molar-refractivity contribution in [1.29, 1.82) is 0 Å². The minimum absolute atomic E-state index is 0.00250. The minimum Gasteiger partial charge on any atom is -0.370 e. The standard InChI is InChI=1S/C18H20ClN5OS/c19-12-6-8-15(9-7-12)26-11-14-10-16(25)23-18(22-14)24-17(20)21-13-4-2-1-3-5-13/h1-9,14,18,22H,10-11H2,(H,23,25)(H3,20,21,24). The highest BCUT2D eigenvalue weighted by Crippen LogP contribution is 2.22.